The first-order chi connectivity index (χ1) is 9.83. The molecule has 1 saturated heterocycles. The summed E-state index contributed by atoms with van der Waals surface area (Å²) in [6.07, 6.45) is 8.53. The predicted octanol–water partition coefficient (Wildman–Crippen LogP) is 3.36. The highest BCUT2D eigenvalue weighted by atomic mass is 16.5. The Kier molecular flexibility index (Phi) is 4.58. The van der Waals surface area contributed by atoms with Crippen LogP contribution in [0.25, 0.3) is 0 Å². The van der Waals surface area contributed by atoms with Gasteiger partial charge in [0.1, 0.15) is 5.75 Å². The van der Waals surface area contributed by atoms with Crippen LogP contribution in [0.2, 0.25) is 0 Å². The van der Waals surface area contributed by atoms with Gasteiger partial charge in [-0.1, -0.05) is 6.07 Å². The molecule has 1 fully saturated rings. The molecule has 2 atom stereocenters. The summed E-state index contributed by atoms with van der Waals surface area (Å²) in [5.74, 6) is 0.966. The monoisotopic (exact) mass is 275 g/mol. The molecule has 1 heterocycles. The van der Waals surface area contributed by atoms with Crippen LogP contribution in [0, 0.1) is 0 Å². The van der Waals surface area contributed by atoms with Crippen molar-refractivity contribution in [1.29, 1.82) is 0 Å². The van der Waals surface area contributed by atoms with Crippen LogP contribution in [-0.2, 0) is 11.2 Å². The highest BCUT2D eigenvalue weighted by Crippen LogP contribution is 2.31. The van der Waals surface area contributed by atoms with Crippen molar-refractivity contribution in [3.8, 4) is 5.75 Å². The Bertz CT molecular complexity index is 441. The molecule has 0 aromatic heterocycles. The van der Waals surface area contributed by atoms with Gasteiger partial charge in [0, 0.05) is 12.6 Å². The zero-order valence-corrected chi connectivity index (χ0v) is 12.1. The van der Waals surface area contributed by atoms with E-state index in [0.29, 0.717) is 6.10 Å². The van der Waals surface area contributed by atoms with Gasteiger partial charge in [-0.25, -0.2) is 0 Å². The number of nitrogens with two attached hydrogens (primary N) is 1. The van der Waals surface area contributed by atoms with E-state index in [0.717, 1.165) is 44.6 Å². The second kappa shape index (κ2) is 6.59. The molecular weight excluding hydrogens is 250 g/mol. The van der Waals surface area contributed by atoms with Crippen LogP contribution in [0.5, 0.6) is 5.75 Å². The van der Waals surface area contributed by atoms with E-state index in [1.54, 1.807) is 0 Å². The van der Waals surface area contributed by atoms with Crippen LogP contribution in [0.15, 0.2) is 18.2 Å². The number of fused-ring (bicyclic) bond motifs is 1. The molecule has 3 rings (SSSR count). The Labute approximate surface area is 121 Å². The maximum absolute atomic E-state index is 6.18. The Hall–Kier alpha value is -1.06. The van der Waals surface area contributed by atoms with Gasteiger partial charge in [0.15, 0.2) is 0 Å². The lowest BCUT2D eigenvalue weighted by Crippen LogP contribution is -2.17. The maximum Gasteiger partial charge on any atom is 0.119 e. The molecule has 2 N–H and O–H groups in total. The molecule has 3 nitrogen and oxygen atoms in total. The van der Waals surface area contributed by atoms with Crippen LogP contribution in [0.3, 0.4) is 0 Å². The lowest BCUT2D eigenvalue weighted by atomic mass is 9.88. The van der Waals surface area contributed by atoms with E-state index in [2.05, 4.69) is 18.2 Å². The van der Waals surface area contributed by atoms with Gasteiger partial charge in [0.05, 0.1) is 12.7 Å². The first kappa shape index (κ1) is 13.9. The molecule has 0 radical (unpaired) electrons. The molecule has 0 amide bonds. The summed E-state index contributed by atoms with van der Waals surface area (Å²) >= 11 is 0. The first-order valence-electron chi connectivity index (χ1n) is 7.96. The molecule has 1 aromatic carbocycles. The second-order valence-corrected chi connectivity index (χ2v) is 5.99. The molecule has 20 heavy (non-hydrogen) atoms. The van der Waals surface area contributed by atoms with E-state index in [-0.39, 0.29) is 6.04 Å². The number of rotatable bonds is 5. The molecular formula is C17H25NO2. The van der Waals surface area contributed by atoms with E-state index in [4.69, 9.17) is 15.2 Å². The summed E-state index contributed by atoms with van der Waals surface area (Å²) < 4.78 is 11.5. The topological polar surface area (TPSA) is 44.5 Å². The summed E-state index contributed by atoms with van der Waals surface area (Å²) in [7, 11) is 0. The molecule has 1 aliphatic heterocycles. The van der Waals surface area contributed by atoms with Crippen molar-refractivity contribution in [1.82, 2.24) is 0 Å². The molecule has 1 aromatic rings. The minimum absolute atomic E-state index is 0.189. The van der Waals surface area contributed by atoms with E-state index in [9.17, 15) is 0 Å². The third-order valence-corrected chi connectivity index (χ3v) is 4.44. The van der Waals surface area contributed by atoms with Crippen molar-refractivity contribution >= 4 is 0 Å². The average Bonchev–Trinajstić information content (AvgIpc) is 2.98. The summed E-state index contributed by atoms with van der Waals surface area (Å²) in [4.78, 5) is 0. The van der Waals surface area contributed by atoms with Gasteiger partial charge >= 0.3 is 0 Å². The minimum Gasteiger partial charge on any atom is -0.494 e. The first-order valence-corrected chi connectivity index (χ1v) is 7.96. The fourth-order valence-corrected chi connectivity index (χ4v) is 3.28. The van der Waals surface area contributed by atoms with Crippen LogP contribution in [0.1, 0.15) is 55.7 Å². The van der Waals surface area contributed by atoms with Crippen molar-refractivity contribution in [3.63, 3.8) is 0 Å². The second-order valence-electron chi connectivity index (χ2n) is 5.99. The Morgan fingerprint density at radius 3 is 3.05 bits per heavy atom. The normalized spacial score (nSPS) is 25.4. The lowest BCUT2D eigenvalue weighted by Gasteiger charge is -2.22. The molecule has 3 heteroatoms. The molecule has 0 saturated carbocycles. The summed E-state index contributed by atoms with van der Waals surface area (Å²) in [5.41, 5.74) is 8.86. The predicted molar refractivity (Wildman–Crippen MR) is 80.0 cm³/mol. The van der Waals surface area contributed by atoms with Gasteiger partial charge in [-0.05, 0) is 68.2 Å². The van der Waals surface area contributed by atoms with Crippen molar-refractivity contribution in [3.05, 3.63) is 29.3 Å². The SMILES string of the molecule is N[C@@H]1CCCc2ccc(OCCCC3CCCO3)cc21. The van der Waals surface area contributed by atoms with Gasteiger partial charge in [-0.3, -0.25) is 0 Å². The number of benzene rings is 1. The van der Waals surface area contributed by atoms with Crippen molar-refractivity contribution < 1.29 is 9.47 Å². The van der Waals surface area contributed by atoms with E-state index in [1.165, 1.54) is 30.4 Å². The van der Waals surface area contributed by atoms with Crippen molar-refractivity contribution in [2.75, 3.05) is 13.2 Å². The number of ether oxygens (including phenoxy) is 2. The van der Waals surface area contributed by atoms with E-state index < -0.39 is 0 Å². The molecule has 1 aliphatic carbocycles. The largest absolute Gasteiger partial charge is 0.494 e. The number of aryl methyl sites for hydroxylation is 1. The lowest BCUT2D eigenvalue weighted by molar-refractivity contribution is 0.0981. The van der Waals surface area contributed by atoms with E-state index in [1.807, 2.05) is 0 Å². The van der Waals surface area contributed by atoms with Crippen LogP contribution in [-0.4, -0.2) is 19.3 Å². The fourth-order valence-electron chi connectivity index (χ4n) is 3.28. The molecule has 0 spiro atoms. The highest BCUT2D eigenvalue weighted by Gasteiger charge is 2.17. The van der Waals surface area contributed by atoms with Gasteiger partial charge < -0.3 is 15.2 Å². The summed E-state index contributed by atoms with van der Waals surface area (Å²) in [6.45, 7) is 1.71. The van der Waals surface area contributed by atoms with Crippen molar-refractivity contribution in [2.45, 2.75) is 57.1 Å². The number of hydrogen-bond acceptors (Lipinski definition) is 3. The molecule has 1 unspecified atom stereocenters. The molecule has 0 bridgehead atoms. The average molecular weight is 275 g/mol. The molecule has 2 aliphatic rings. The van der Waals surface area contributed by atoms with Gasteiger partial charge in [-0.15, -0.1) is 0 Å². The van der Waals surface area contributed by atoms with Gasteiger partial charge in [-0.2, -0.15) is 0 Å². The maximum atomic E-state index is 6.18. The number of hydrogen-bond donors (Lipinski definition) is 1. The highest BCUT2D eigenvalue weighted by molar-refractivity contribution is 5.39. The van der Waals surface area contributed by atoms with Gasteiger partial charge in [0.25, 0.3) is 0 Å². The Morgan fingerprint density at radius 2 is 2.20 bits per heavy atom. The Balaban J connectivity index is 1.49. The third-order valence-electron chi connectivity index (χ3n) is 4.44. The minimum atomic E-state index is 0.189. The fraction of sp³-hybridized carbons (Fsp3) is 0.647. The summed E-state index contributed by atoms with van der Waals surface area (Å²) in [5, 5.41) is 0. The Morgan fingerprint density at radius 1 is 1.25 bits per heavy atom. The van der Waals surface area contributed by atoms with Crippen LogP contribution in [0.4, 0.5) is 0 Å². The molecule has 110 valence electrons. The zero-order chi connectivity index (χ0) is 13.8. The van der Waals surface area contributed by atoms with Gasteiger partial charge in [0.2, 0.25) is 0 Å². The smallest absolute Gasteiger partial charge is 0.119 e. The third kappa shape index (κ3) is 3.33. The van der Waals surface area contributed by atoms with Crippen LogP contribution >= 0.6 is 0 Å². The van der Waals surface area contributed by atoms with Crippen LogP contribution < -0.4 is 10.5 Å². The summed E-state index contributed by atoms with van der Waals surface area (Å²) in [6, 6.07) is 6.60. The standard InChI is InChI=1S/C17H25NO2/c18-17-7-1-4-13-8-9-15(12-16(13)17)20-11-3-6-14-5-2-10-19-14/h8-9,12,14,17H,1-7,10-11,18H2/t14?,17-/m1/s1. The van der Waals surface area contributed by atoms with E-state index >= 15 is 0 Å². The quantitative estimate of drug-likeness (QED) is 0.838. The van der Waals surface area contributed by atoms with Crippen molar-refractivity contribution in [2.24, 2.45) is 5.73 Å². The zero-order valence-electron chi connectivity index (χ0n) is 12.1.